The van der Waals surface area contributed by atoms with E-state index < -0.39 is 0 Å². The molecule has 0 saturated heterocycles. The maximum atomic E-state index is 5.44. The van der Waals surface area contributed by atoms with Crippen LogP contribution in [0.1, 0.15) is 26.6 Å². The molecule has 5 heteroatoms. The van der Waals surface area contributed by atoms with Crippen LogP contribution in [0, 0.1) is 12.8 Å². The lowest BCUT2D eigenvalue weighted by molar-refractivity contribution is 0.340. The normalized spacial score (nSPS) is 10.6. The molecule has 2 aromatic rings. The number of anilines is 3. The minimum Gasteiger partial charge on any atom is -0.494 e. The van der Waals surface area contributed by atoms with Gasteiger partial charge < -0.3 is 15.4 Å². The van der Waals surface area contributed by atoms with E-state index in [-0.39, 0.29) is 0 Å². The first-order valence-electron chi connectivity index (χ1n) is 7.66. The SMILES string of the molecule is CCOc1ccc(Nc2cc(NCC(C)C)nc(C)n2)cc1. The maximum Gasteiger partial charge on any atom is 0.136 e. The van der Waals surface area contributed by atoms with Gasteiger partial charge >= 0.3 is 0 Å². The molecule has 1 heterocycles. The van der Waals surface area contributed by atoms with Crippen LogP contribution in [0.5, 0.6) is 5.75 Å². The number of hydrogen-bond acceptors (Lipinski definition) is 5. The molecule has 0 saturated carbocycles. The molecule has 0 unspecified atom stereocenters. The van der Waals surface area contributed by atoms with Gasteiger partial charge in [0, 0.05) is 18.3 Å². The van der Waals surface area contributed by atoms with Gasteiger partial charge in [0.25, 0.3) is 0 Å². The van der Waals surface area contributed by atoms with Crippen molar-refractivity contribution in [2.75, 3.05) is 23.8 Å². The van der Waals surface area contributed by atoms with Crippen LogP contribution in [0.15, 0.2) is 30.3 Å². The lowest BCUT2D eigenvalue weighted by Crippen LogP contribution is -2.10. The van der Waals surface area contributed by atoms with Crippen LogP contribution in [0.25, 0.3) is 0 Å². The zero-order valence-electron chi connectivity index (χ0n) is 13.7. The van der Waals surface area contributed by atoms with Crippen molar-refractivity contribution in [1.29, 1.82) is 0 Å². The van der Waals surface area contributed by atoms with Gasteiger partial charge in [-0.3, -0.25) is 0 Å². The standard InChI is InChI=1S/C17H24N4O/c1-5-22-15-8-6-14(7-9-15)21-17-10-16(18-11-12(2)3)19-13(4)20-17/h6-10,12H,5,11H2,1-4H3,(H2,18,19,20,21). The Morgan fingerprint density at radius 1 is 1.09 bits per heavy atom. The van der Waals surface area contributed by atoms with Crippen LogP contribution in [0.4, 0.5) is 17.3 Å². The Balaban J connectivity index is 2.08. The molecule has 2 rings (SSSR count). The quantitative estimate of drug-likeness (QED) is 0.809. The fraction of sp³-hybridized carbons (Fsp3) is 0.412. The van der Waals surface area contributed by atoms with Gasteiger partial charge in [-0.05, 0) is 44.0 Å². The third kappa shape index (κ3) is 4.91. The first-order valence-corrected chi connectivity index (χ1v) is 7.66. The van der Waals surface area contributed by atoms with E-state index in [2.05, 4.69) is 34.4 Å². The van der Waals surface area contributed by atoms with Crippen LogP contribution < -0.4 is 15.4 Å². The molecule has 118 valence electrons. The molecular weight excluding hydrogens is 276 g/mol. The molecule has 0 amide bonds. The molecule has 22 heavy (non-hydrogen) atoms. The van der Waals surface area contributed by atoms with Crippen molar-refractivity contribution in [3.8, 4) is 5.75 Å². The summed E-state index contributed by atoms with van der Waals surface area (Å²) in [7, 11) is 0. The molecule has 1 aromatic heterocycles. The summed E-state index contributed by atoms with van der Waals surface area (Å²) in [6.07, 6.45) is 0. The van der Waals surface area contributed by atoms with Crippen molar-refractivity contribution >= 4 is 17.3 Å². The molecule has 0 radical (unpaired) electrons. The Labute approximate surface area is 132 Å². The molecule has 0 fully saturated rings. The largest absolute Gasteiger partial charge is 0.494 e. The smallest absolute Gasteiger partial charge is 0.136 e. The zero-order valence-corrected chi connectivity index (χ0v) is 13.7. The van der Waals surface area contributed by atoms with E-state index in [1.54, 1.807) is 0 Å². The number of rotatable bonds is 7. The van der Waals surface area contributed by atoms with E-state index in [0.29, 0.717) is 12.5 Å². The molecule has 0 atom stereocenters. The second-order valence-electron chi connectivity index (χ2n) is 5.54. The number of aryl methyl sites for hydroxylation is 1. The monoisotopic (exact) mass is 300 g/mol. The van der Waals surface area contributed by atoms with Crippen LogP contribution in [-0.4, -0.2) is 23.1 Å². The predicted molar refractivity (Wildman–Crippen MR) is 91.0 cm³/mol. The van der Waals surface area contributed by atoms with Crippen molar-refractivity contribution in [3.63, 3.8) is 0 Å². The minimum absolute atomic E-state index is 0.567. The van der Waals surface area contributed by atoms with Crippen molar-refractivity contribution in [3.05, 3.63) is 36.2 Å². The summed E-state index contributed by atoms with van der Waals surface area (Å²) >= 11 is 0. The topological polar surface area (TPSA) is 59.1 Å². The van der Waals surface area contributed by atoms with Crippen molar-refractivity contribution in [1.82, 2.24) is 9.97 Å². The van der Waals surface area contributed by atoms with Crippen LogP contribution in [-0.2, 0) is 0 Å². The summed E-state index contributed by atoms with van der Waals surface area (Å²) in [5.74, 6) is 3.80. The van der Waals surface area contributed by atoms with Gasteiger partial charge in [0.2, 0.25) is 0 Å². The van der Waals surface area contributed by atoms with Gasteiger partial charge in [-0.2, -0.15) is 0 Å². The minimum atomic E-state index is 0.567. The highest BCUT2D eigenvalue weighted by Gasteiger charge is 2.03. The highest BCUT2D eigenvalue weighted by atomic mass is 16.5. The molecule has 0 spiro atoms. The number of nitrogens with zero attached hydrogens (tertiary/aromatic N) is 2. The molecule has 2 N–H and O–H groups in total. The zero-order chi connectivity index (χ0) is 15.9. The summed E-state index contributed by atoms with van der Waals surface area (Å²) in [4.78, 5) is 8.83. The first-order chi connectivity index (χ1) is 10.6. The third-order valence-electron chi connectivity index (χ3n) is 2.97. The van der Waals surface area contributed by atoms with Crippen LogP contribution >= 0.6 is 0 Å². The van der Waals surface area contributed by atoms with Gasteiger partial charge in [-0.25, -0.2) is 9.97 Å². The Morgan fingerprint density at radius 3 is 2.41 bits per heavy atom. The van der Waals surface area contributed by atoms with Gasteiger partial charge in [-0.15, -0.1) is 0 Å². The fourth-order valence-corrected chi connectivity index (χ4v) is 1.98. The summed E-state index contributed by atoms with van der Waals surface area (Å²) in [5, 5.41) is 6.62. The van der Waals surface area contributed by atoms with Crippen molar-refractivity contribution in [2.24, 2.45) is 5.92 Å². The van der Waals surface area contributed by atoms with Gasteiger partial charge in [-0.1, -0.05) is 13.8 Å². The number of nitrogens with one attached hydrogen (secondary N) is 2. The highest BCUT2D eigenvalue weighted by molar-refractivity contribution is 5.60. The van der Waals surface area contributed by atoms with E-state index in [1.165, 1.54) is 0 Å². The average Bonchev–Trinajstić information content (AvgIpc) is 2.47. The Morgan fingerprint density at radius 2 is 1.77 bits per heavy atom. The van der Waals surface area contributed by atoms with E-state index in [1.807, 2.05) is 44.2 Å². The van der Waals surface area contributed by atoms with E-state index >= 15 is 0 Å². The summed E-state index contributed by atoms with van der Waals surface area (Å²) in [5.41, 5.74) is 0.969. The Kier molecular flexibility index (Phi) is 5.58. The second-order valence-corrected chi connectivity index (χ2v) is 5.54. The Bertz CT molecular complexity index is 596. The predicted octanol–water partition coefficient (Wildman–Crippen LogP) is 4.00. The maximum absolute atomic E-state index is 5.44. The molecule has 0 aliphatic heterocycles. The van der Waals surface area contributed by atoms with Crippen LogP contribution in [0.2, 0.25) is 0 Å². The summed E-state index contributed by atoms with van der Waals surface area (Å²) < 4.78 is 5.44. The molecular formula is C17H24N4O. The average molecular weight is 300 g/mol. The fourth-order valence-electron chi connectivity index (χ4n) is 1.98. The molecule has 1 aromatic carbocycles. The van der Waals surface area contributed by atoms with E-state index in [9.17, 15) is 0 Å². The number of aromatic nitrogens is 2. The lowest BCUT2D eigenvalue weighted by atomic mass is 10.2. The lowest BCUT2D eigenvalue weighted by Gasteiger charge is -2.12. The van der Waals surface area contributed by atoms with E-state index in [4.69, 9.17) is 4.74 Å². The van der Waals surface area contributed by atoms with Crippen molar-refractivity contribution in [2.45, 2.75) is 27.7 Å². The summed E-state index contributed by atoms with van der Waals surface area (Å²) in [6, 6.07) is 9.76. The molecule has 0 aliphatic carbocycles. The second kappa shape index (κ2) is 7.64. The van der Waals surface area contributed by atoms with Gasteiger partial charge in [0.1, 0.15) is 23.2 Å². The summed E-state index contributed by atoms with van der Waals surface area (Å²) in [6.45, 7) is 9.76. The van der Waals surface area contributed by atoms with Crippen LogP contribution in [0.3, 0.4) is 0 Å². The molecule has 0 bridgehead atoms. The van der Waals surface area contributed by atoms with Gasteiger partial charge in [0.15, 0.2) is 0 Å². The number of hydrogen-bond donors (Lipinski definition) is 2. The third-order valence-corrected chi connectivity index (χ3v) is 2.97. The molecule has 0 aliphatic rings. The Hall–Kier alpha value is -2.30. The van der Waals surface area contributed by atoms with Gasteiger partial charge in [0.05, 0.1) is 6.61 Å². The number of ether oxygens (including phenoxy) is 1. The first kappa shape index (κ1) is 16.1. The highest BCUT2D eigenvalue weighted by Crippen LogP contribution is 2.20. The van der Waals surface area contributed by atoms with Crippen molar-refractivity contribution < 1.29 is 4.74 Å². The van der Waals surface area contributed by atoms with E-state index in [0.717, 1.165) is 35.4 Å². The number of benzene rings is 1. The molecule has 5 nitrogen and oxygen atoms in total.